The molecule has 0 unspecified atom stereocenters. The van der Waals surface area contributed by atoms with Gasteiger partial charge in [0.2, 0.25) is 11.8 Å². The largest absolute Gasteiger partial charge is 0.508 e. The number of aromatic hydroxyl groups is 1. The molecule has 0 aromatic heterocycles. The summed E-state index contributed by atoms with van der Waals surface area (Å²) in [6, 6.07) is 20.8. The molecule has 5 rings (SSSR count). The van der Waals surface area contributed by atoms with Gasteiger partial charge in [-0.25, -0.2) is 14.8 Å². The predicted octanol–water partition coefficient (Wildman–Crippen LogP) is 2.89. The van der Waals surface area contributed by atoms with Gasteiger partial charge in [-0.3, -0.25) is 9.59 Å². The third kappa shape index (κ3) is 5.97. The molecule has 2 aliphatic heterocycles. The molecule has 0 saturated carbocycles. The Hall–Kier alpha value is -4.57. The van der Waals surface area contributed by atoms with Crippen molar-refractivity contribution in [2.24, 2.45) is 0 Å². The third-order valence-corrected chi connectivity index (χ3v) is 7.74. The number of hydrazine groups is 1. The molecule has 2 heterocycles. The topological polar surface area (TPSA) is 106 Å². The van der Waals surface area contributed by atoms with E-state index in [4.69, 9.17) is 4.74 Å². The second-order valence-corrected chi connectivity index (χ2v) is 10.5. The van der Waals surface area contributed by atoms with Crippen molar-refractivity contribution in [2.75, 3.05) is 27.2 Å². The molecule has 2 atom stereocenters. The summed E-state index contributed by atoms with van der Waals surface area (Å²) in [6.45, 7) is 2.79. The van der Waals surface area contributed by atoms with E-state index in [2.05, 4.69) is 5.32 Å². The van der Waals surface area contributed by atoms with Gasteiger partial charge in [0.05, 0.1) is 20.2 Å². The first kappa shape index (κ1) is 28.0. The zero-order valence-electron chi connectivity index (χ0n) is 23.5. The van der Waals surface area contributed by atoms with Gasteiger partial charge in [0.15, 0.2) is 0 Å². The van der Waals surface area contributed by atoms with E-state index in [-0.39, 0.29) is 49.7 Å². The molecule has 10 heteroatoms. The van der Waals surface area contributed by atoms with E-state index in [9.17, 15) is 19.5 Å². The monoisotopic (exact) mass is 557 g/mol. The standard InChI is InChI=1S/C31H35N5O5/c1-21-6-4-5-7-24(21)18-34-19-28-35(27(30(34)39)16-22-8-12-25(37)13-9-22)29(38)20-33(2)36(28)31(40)32-17-23-10-14-26(41-3)15-11-23/h4-15,27-28,37H,16-20H2,1-3H3,(H,32,40)/t27-,28-/m0/s1. The average Bonchev–Trinajstić information content (AvgIpc) is 2.96. The maximum atomic E-state index is 14.0. The number of carbonyl (C=O) groups excluding carboxylic acids is 3. The van der Waals surface area contributed by atoms with E-state index < -0.39 is 12.2 Å². The molecule has 0 aliphatic carbocycles. The van der Waals surface area contributed by atoms with Crippen molar-refractivity contribution in [2.45, 2.75) is 38.6 Å². The minimum absolute atomic E-state index is 0.0381. The summed E-state index contributed by atoms with van der Waals surface area (Å²) < 4.78 is 5.22. The van der Waals surface area contributed by atoms with Crippen molar-refractivity contribution in [1.82, 2.24) is 25.1 Å². The van der Waals surface area contributed by atoms with E-state index in [1.807, 2.05) is 55.5 Å². The van der Waals surface area contributed by atoms with E-state index in [0.717, 1.165) is 28.0 Å². The van der Waals surface area contributed by atoms with Gasteiger partial charge >= 0.3 is 6.03 Å². The number of hydrogen-bond acceptors (Lipinski definition) is 6. The fourth-order valence-corrected chi connectivity index (χ4v) is 5.50. The number of urea groups is 1. The Labute approximate surface area is 239 Å². The molecule has 4 amide bonds. The Morgan fingerprint density at radius 1 is 1.00 bits per heavy atom. The number of phenolic OH excluding ortho intramolecular Hbond substituents is 1. The molecular weight excluding hydrogens is 522 g/mol. The molecule has 0 bridgehead atoms. The van der Waals surface area contributed by atoms with Crippen molar-refractivity contribution in [3.63, 3.8) is 0 Å². The minimum atomic E-state index is -0.805. The zero-order valence-corrected chi connectivity index (χ0v) is 23.5. The Kier molecular flexibility index (Phi) is 8.11. The van der Waals surface area contributed by atoms with Gasteiger partial charge < -0.3 is 25.0 Å². The number of nitrogens with zero attached hydrogens (tertiary/aromatic N) is 4. The number of benzene rings is 3. The number of fused-ring (bicyclic) bond motifs is 1. The second kappa shape index (κ2) is 11.9. The van der Waals surface area contributed by atoms with Crippen molar-refractivity contribution in [1.29, 1.82) is 0 Å². The van der Waals surface area contributed by atoms with Crippen LogP contribution in [-0.2, 0) is 29.1 Å². The van der Waals surface area contributed by atoms with Crippen LogP contribution in [0.3, 0.4) is 0 Å². The number of amides is 4. The summed E-state index contributed by atoms with van der Waals surface area (Å²) in [6.07, 6.45) is -0.433. The van der Waals surface area contributed by atoms with Crippen LogP contribution in [0.4, 0.5) is 4.79 Å². The van der Waals surface area contributed by atoms with Gasteiger partial charge in [-0.15, -0.1) is 0 Å². The van der Waals surface area contributed by atoms with Crippen LogP contribution in [-0.4, -0.2) is 82.2 Å². The number of nitrogens with one attached hydrogen (secondary N) is 1. The van der Waals surface area contributed by atoms with Crippen molar-refractivity contribution in [3.8, 4) is 11.5 Å². The van der Waals surface area contributed by atoms with Crippen LogP contribution in [0.15, 0.2) is 72.8 Å². The first-order valence-corrected chi connectivity index (χ1v) is 13.6. The predicted molar refractivity (Wildman–Crippen MR) is 153 cm³/mol. The zero-order chi connectivity index (χ0) is 29.1. The van der Waals surface area contributed by atoms with Crippen LogP contribution >= 0.6 is 0 Å². The fraction of sp³-hybridized carbons (Fsp3) is 0.323. The quantitative estimate of drug-likeness (QED) is 0.463. The first-order valence-electron chi connectivity index (χ1n) is 13.6. The highest BCUT2D eigenvalue weighted by atomic mass is 16.5. The van der Waals surface area contributed by atoms with Crippen LogP contribution < -0.4 is 10.1 Å². The highest BCUT2D eigenvalue weighted by Gasteiger charge is 2.50. The molecule has 2 fully saturated rings. The Balaban J connectivity index is 1.44. The van der Waals surface area contributed by atoms with Gasteiger partial charge in [0.25, 0.3) is 0 Å². The number of likely N-dealkylation sites (N-methyl/N-ethyl adjacent to an activating group) is 1. The van der Waals surface area contributed by atoms with Gasteiger partial charge in [0.1, 0.15) is 23.7 Å². The molecular formula is C31H35N5O5. The fourth-order valence-electron chi connectivity index (χ4n) is 5.50. The highest BCUT2D eigenvalue weighted by molar-refractivity contribution is 5.91. The third-order valence-electron chi connectivity index (χ3n) is 7.74. The molecule has 2 N–H and O–H groups in total. The molecule has 2 saturated heterocycles. The SMILES string of the molecule is COc1ccc(CNC(=O)N2[C@H]3CN(Cc4ccccc4C)C(=O)[C@H](Cc4ccc(O)cc4)N3C(=O)CN2C)cc1. The molecule has 0 spiro atoms. The van der Waals surface area contributed by atoms with Crippen LogP contribution in [0, 0.1) is 6.92 Å². The van der Waals surface area contributed by atoms with Crippen molar-refractivity contribution in [3.05, 3.63) is 95.1 Å². The van der Waals surface area contributed by atoms with Crippen LogP contribution in [0.2, 0.25) is 0 Å². The maximum absolute atomic E-state index is 14.0. The lowest BCUT2D eigenvalue weighted by Crippen LogP contribution is -2.76. The minimum Gasteiger partial charge on any atom is -0.508 e. The summed E-state index contributed by atoms with van der Waals surface area (Å²) in [4.78, 5) is 44.4. The molecule has 2 aliphatic rings. The number of methoxy groups -OCH3 is 1. The summed E-state index contributed by atoms with van der Waals surface area (Å²) in [5, 5.41) is 15.9. The Morgan fingerprint density at radius 2 is 1.68 bits per heavy atom. The number of piperazine rings is 1. The summed E-state index contributed by atoms with van der Waals surface area (Å²) >= 11 is 0. The van der Waals surface area contributed by atoms with Crippen LogP contribution in [0.5, 0.6) is 11.5 Å². The van der Waals surface area contributed by atoms with Gasteiger partial charge in [-0.1, -0.05) is 48.5 Å². The Bertz CT molecular complexity index is 1410. The van der Waals surface area contributed by atoms with E-state index in [0.29, 0.717) is 6.54 Å². The van der Waals surface area contributed by atoms with Crippen molar-refractivity contribution >= 4 is 17.8 Å². The lowest BCUT2D eigenvalue weighted by Gasteiger charge is -2.54. The van der Waals surface area contributed by atoms with E-state index >= 15 is 0 Å². The molecule has 3 aromatic rings. The lowest BCUT2D eigenvalue weighted by molar-refractivity contribution is -0.187. The summed E-state index contributed by atoms with van der Waals surface area (Å²) in [5.41, 5.74) is 3.77. The molecule has 214 valence electrons. The van der Waals surface area contributed by atoms with E-state index in [1.165, 1.54) is 0 Å². The second-order valence-electron chi connectivity index (χ2n) is 10.5. The number of phenols is 1. The Morgan fingerprint density at radius 3 is 2.37 bits per heavy atom. The number of rotatable bonds is 7. The van der Waals surface area contributed by atoms with Gasteiger partial charge in [0, 0.05) is 26.6 Å². The highest BCUT2D eigenvalue weighted by Crippen LogP contribution is 2.29. The van der Waals surface area contributed by atoms with Gasteiger partial charge in [-0.05, 0) is 53.4 Å². The maximum Gasteiger partial charge on any atom is 0.334 e. The normalized spacial score (nSPS) is 19.2. The van der Waals surface area contributed by atoms with E-state index in [1.54, 1.807) is 58.2 Å². The molecule has 3 aromatic carbocycles. The van der Waals surface area contributed by atoms with Crippen molar-refractivity contribution < 1.29 is 24.2 Å². The smallest absolute Gasteiger partial charge is 0.334 e. The number of aryl methyl sites for hydroxylation is 1. The lowest BCUT2D eigenvalue weighted by atomic mass is 9.98. The van der Waals surface area contributed by atoms with Gasteiger partial charge in [-0.2, -0.15) is 0 Å². The number of ether oxygens (including phenoxy) is 1. The molecule has 10 nitrogen and oxygen atoms in total. The average molecular weight is 558 g/mol. The van der Waals surface area contributed by atoms with Crippen LogP contribution in [0.1, 0.15) is 22.3 Å². The summed E-state index contributed by atoms with van der Waals surface area (Å²) in [7, 11) is 3.31. The number of hydrogen-bond donors (Lipinski definition) is 2. The molecule has 41 heavy (non-hydrogen) atoms. The summed E-state index contributed by atoms with van der Waals surface area (Å²) in [5.74, 6) is 0.460. The number of carbonyl (C=O) groups is 3. The molecule has 0 radical (unpaired) electrons. The van der Waals surface area contributed by atoms with Crippen LogP contribution in [0.25, 0.3) is 0 Å². The first-order chi connectivity index (χ1) is 19.7.